The number of aromatic nitrogens is 1. The Bertz CT molecular complexity index is 983. The number of methoxy groups -OCH3 is 1. The van der Waals surface area contributed by atoms with Gasteiger partial charge in [0.05, 0.1) is 22.7 Å². The zero-order valence-electron chi connectivity index (χ0n) is 11.9. The molecule has 3 aromatic rings. The number of nitrogen functional groups attached to an aromatic ring is 1. The molecule has 0 spiro atoms. The number of fused-ring (bicyclic) bond motifs is 1. The lowest BCUT2D eigenvalue weighted by molar-refractivity contribution is 0.416. The summed E-state index contributed by atoms with van der Waals surface area (Å²) in [5, 5.41) is 1.67. The van der Waals surface area contributed by atoms with E-state index < -0.39 is 5.56 Å². The molecule has 1 aromatic heterocycles. The summed E-state index contributed by atoms with van der Waals surface area (Å²) in [6, 6.07) is 8.33. The summed E-state index contributed by atoms with van der Waals surface area (Å²) < 4.78 is 5.37. The average Bonchev–Trinajstić information content (AvgIpc) is 2.53. The quantitative estimate of drug-likeness (QED) is 0.685. The van der Waals surface area contributed by atoms with Crippen molar-refractivity contribution in [1.29, 1.82) is 0 Å². The molecule has 1 heterocycles. The molecule has 0 unspecified atom stereocenters. The van der Waals surface area contributed by atoms with Crippen LogP contribution in [0.15, 0.2) is 35.1 Å². The van der Waals surface area contributed by atoms with Gasteiger partial charge in [0.25, 0.3) is 5.56 Å². The predicted molar refractivity (Wildman–Crippen MR) is 96.0 cm³/mol. The van der Waals surface area contributed by atoms with Gasteiger partial charge in [0.2, 0.25) is 0 Å². The maximum absolute atomic E-state index is 12.2. The molecule has 0 aliphatic rings. The van der Waals surface area contributed by atoms with Gasteiger partial charge in [-0.05, 0) is 30.3 Å². The normalized spacial score (nSPS) is 11.0. The molecule has 0 aliphatic carbocycles. The molecule has 0 fully saturated rings. The molecule has 0 bridgehead atoms. The molecule has 0 saturated carbocycles. The second-order valence-electron chi connectivity index (χ2n) is 4.87. The molecule has 2 aromatic carbocycles. The molecule has 118 valence electrons. The first kappa shape index (κ1) is 16.0. The monoisotopic (exact) mass is 368 g/mol. The second kappa shape index (κ2) is 5.96. The largest absolute Gasteiger partial charge is 0.496 e. The Hall–Kier alpha value is -1.88. The van der Waals surface area contributed by atoms with Gasteiger partial charge in [-0.25, -0.2) is 0 Å². The van der Waals surface area contributed by atoms with Crippen molar-refractivity contribution in [2.24, 2.45) is 0 Å². The fraction of sp³-hybridized carbons (Fsp3) is 0.0625. The number of aromatic amines is 1. The Kier molecular flexibility index (Phi) is 4.15. The van der Waals surface area contributed by atoms with Gasteiger partial charge in [-0.15, -0.1) is 0 Å². The number of hydrogen-bond donors (Lipinski definition) is 2. The Morgan fingerprint density at radius 1 is 1.13 bits per heavy atom. The molecule has 3 N–H and O–H groups in total. The van der Waals surface area contributed by atoms with Crippen LogP contribution in [0.1, 0.15) is 0 Å². The number of anilines is 1. The Labute approximate surface area is 146 Å². The first-order valence-corrected chi connectivity index (χ1v) is 7.70. The van der Waals surface area contributed by atoms with Crippen molar-refractivity contribution in [3.8, 4) is 16.9 Å². The van der Waals surface area contributed by atoms with E-state index in [-0.39, 0.29) is 5.69 Å². The minimum absolute atomic E-state index is 0.0160. The standard InChI is InChI=1S/C16H11Cl3N2O2/c1-23-11-5-2-7(17)6-8(11)12-13-10(21-16(22)15(12)20)4-3-9(18)14(13)19/h2-6H,20H2,1H3,(H,21,22). The maximum Gasteiger partial charge on any atom is 0.272 e. The highest BCUT2D eigenvalue weighted by Gasteiger charge is 2.19. The van der Waals surface area contributed by atoms with Gasteiger partial charge in [0.15, 0.2) is 0 Å². The van der Waals surface area contributed by atoms with Crippen molar-refractivity contribution in [3.63, 3.8) is 0 Å². The highest BCUT2D eigenvalue weighted by molar-refractivity contribution is 6.46. The van der Waals surface area contributed by atoms with E-state index >= 15 is 0 Å². The minimum Gasteiger partial charge on any atom is -0.496 e. The van der Waals surface area contributed by atoms with Crippen LogP contribution >= 0.6 is 34.8 Å². The lowest BCUT2D eigenvalue weighted by atomic mass is 9.98. The van der Waals surface area contributed by atoms with Crippen LogP contribution in [0, 0.1) is 0 Å². The summed E-state index contributed by atoms with van der Waals surface area (Å²) in [5.74, 6) is 0.518. The minimum atomic E-state index is -0.423. The molecular weight excluding hydrogens is 359 g/mol. The zero-order valence-corrected chi connectivity index (χ0v) is 14.2. The highest BCUT2D eigenvalue weighted by Crippen LogP contribution is 2.42. The van der Waals surface area contributed by atoms with Crippen LogP contribution in [0.3, 0.4) is 0 Å². The summed E-state index contributed by atoms with van der Waals surface area (Å²) >= 11 is 18.6. The predicted octanol–water partition coefficient (Wildman–Crippen LogP) is 4.75. The van der Waals surface area contributed by atoms with E-state index in [0.29, 0.717) is 42.8 Å². The zero-order chi connectivity index (χ0) is 16.7. The molecule has 0 saturated heterocycles. The molecule has 0 aliphatic heterocycles. The van der Waals surface area contributed by atoms with Crippen molar-refractivity contribution in [2.75, 3.05) is 12.8 Å². The molecule has 0 amide bonds. The summed E-state index contributed by atoms with van der Waals surface area (Å²) in [6.07, 6.45) is 0. The summed E-state index contributed by atoms with van der Waals surface area (Å²) in [4.78, 5) is 14.9. The number of benzene rings is 2. The number of nitrogens with one attached hydrogen (secondary N) is 1. The van der Waals surface area contributed by atoms with Gasteiger partial charge in [-0.1, -0.05) is 34.8 Å². The van der Waals surface area contributed by atoms with Gasteiger partial charge < -0.3 is 15.5 Å². The maximum atomic E-state index is 12.2. The lowest BCUT2D eigenvalue weighted by Crippen LogP contribution is -2.14. The van der Waals surface area contributed by atoms with Crippen molar-refractivity contribution < 1.29 is 4.74 Å². The summed E-state index contributed by atoms with van der Waals surface area (Å²) in [7, 11) is 1.52. The third-order valence-corrected chi connectivity index (χ3v) is 4.58. The van der Waals surface area contributed by atoms with E-state index in [4.69, 9.17) is 45.3 Å². The number of pyridine rings is 1. The SMILES string of the molecule is COc1ccc(Cl)cc1-c1c(N)c(=O)[nH]c2ccc(Cl)c(Cl)c12. The van der Waals surface area contributed by atoms with Crippen LogP contribution < -0.4 is 16.0 Å². The molecule has 7 heteroatoms. The topological polar surface area (TPSA) is 68.1 Å². The molecule has 3 rings (SSSR count). The van der Waals surface area contributed by atoms with E-state index in [1.165, 1.54) is 7.11 Å². The van der Waals surface area contributed by atoms with Gasteiger partial charge in [0.1, 0.15) is 11.4 Å². The smallest absolute Gasteiger partial charge is 0.272 e. The van der Waals surface area contributed by atoms with Crippen LogP contribution in [0.5, 0.6) is 5.75 Å². The van der Waals surface area contributed by atoms with Crippen LogP contribution in [0.4, 0.5) is 5.69 Å². The fourth-order valence-electron chi connectivity index (χ4n) is 2.49. The number of hydrogen-bond acceptors (Lipinski definition) is 3. The Balaban J connectivity index is 2.55. The molecule has 23 heavy (non-hydrogen) atoms. The summed E-state index contributed by atoms with van der Waals surface area (Å²) in [5.41, 5.74) is 7.15. The number of nitrogens with two attached hydrogens (primary N) is 1. The van der Waals surface area contributed by atoms with Crippen LogP contribution in [0.25, 0.3) is 22.0 Å². The van der Waals surface area contributed by atoms with Crippen LogP contribution in [-0.4, -0.2) is 12.1 Å². The van der Waals surface area contributed by atoms with Gasteiger partial charge in [-0.3, -0.25) is 4.79 Å². The van der Waals surface area contributed by atoms with Gasteiger partial charge >= 0.3 is 0 Å². The first-order valence-electron chi connectivity index (χ1n) is 6.57. The number of H-pyrrole nitrogens is 1. The van der Waals surface area contributed by atoms with E-state index in [1.54, 1.807) is 30.3 Å². The van der Waals surface area contributed by atoms with E-state index in [0.717, 1.165) is 0 Å². The van der Waals surface area contributed by atoms with E-state index in [9.17, 15) is 4.79 Å². The number of rotatable bonds is 2. The van der Waals surface area contributed by atoms with Crippen molar-refractivity contribution >= 4 is 51.4 Å². The average molecular weight is 370 g/mol. The summed E-state index contributed by atoms with van der Waals surface area (Å²) in [6.45, 7) is 0. The first-order chi connectivity index (χ1) is 10.9. The molecule has 4 nitrogen and oxygen atoms in total. The van der Waals surface area contributed by atoms with Crippen LogP contribution in [-0.2, 0) is 0 Å². The number of ether oxygens (including phenoxy) is 1. The van der Waals surface area contributed by atoms with Crippen molar-refractivity contribution in [1.82, 2.24) is 4.98 Å². The molecular formula is C16H11Cl3N2O2. The van der Waals surface area contributed by atoms with E-state index in [2.05, 4.69) is 4.98 Å². The third-order valence-electron chi connectivity index (χ3n) is 3.54. The molecule has 0 atom stereocenters. The Morgan fingerprint density at radius 2 is 1.87 bits per heavy atom. The lowest BCUT2D eigenvalue weighted by Gasteiger charge is -2.15. The van der Waals surface area contributed by atoms with Gasteiger partial charge in [0, 0.05) is 21.5 Å². The third kappa shape index (κ3) is 2.63. The second-order valence-corrected chi connectivity index (χ2v) is 6.09. The highest BCUT2D eigenvalue weighted by atomic mass is 35.5. The molecule has 0 radical (unpaired) electrons. The van der Waals surface area contributed by atoms with Crippen molar-refractivity contribution in [2.45, 2.75) is 0 Å². The van der Waals surface area contributed by atoms with Crippen LogP contribution in [0.2, 0.25) is 15.1 Å². The Morgan fingerprint density at radius 3 is 2.57 bits per heavy atom. The van der Waals surface area contributed by atoms with Gasteiger partial charge in [-0.2, -0.15) is 0 Å². The fourth-order valence-corrected chi connectivity index (χ4v) is 3.08. The number of halogens is 3. The van der Waals surface area contributed by atoms with E-state index in [1.807, 2.05) is 0 Å². The van der Waals surface area contributed by atoms with Crippen molar-refractivity contribution in [3.05, 3.63) is 55.8 Å².